The van der Waals surface area contributed by atoms with E-state index in [-0.39, 0.29) is 5.56 Å². The molecule has 2 aromatic carbocycles. The third-order valence-corrected chi connectivity index (χ3v) is 3.00. The molecule has 0 heterocycles. The number of aryl methyl sites for hydroxylation is 1. The Bertz CT molecular complexity index is 626. The van der Waals surface area contributed by atoms with Gasteiger partial charge >= 0.3 is 5.97 Å². The van der Waals surface area contributed by atoms with E-state index in [4.69, 9.17) is 5.11 Å². The van der Waals surface area contributed by atoms with Crippen molar-refractivity contribution in [3.8, 4) is 0 Å². The minimum Gasteiger partial charge on any atom is -0.478 e. The van der Waals surface area contributed by atoms with Crippen LogP contribution in [0.4, 0.5) is 4.39 Å². The van der Waals surface area contributed by atoms with Crippen molar-refractivity contribution >= 4 is 5.97 Å². The number of halogens is 1. The molecule has 3 nitrogen and oxygen atoms in total. The summed E-state index contributed by atoms with van der Waals surface area (Å²) < 4.78 is 13.5. The van der Waals surface area contributed by atoms with Gasteiger partial charge in [0.05, 0.1) is 5.56 Å². The number of hydrogen-bond acceptors (Lipinski definition) is 2. The lowest BCUT2D eigenvalue weighted by molar-refractivity contribution is 0.0692. The molecule has 0 bridgehead atoms. The summed E-state index contributed by atoms with van der Waals surface area (Å²) in [6.07, 6.45) is 0. The van der Waals surface area contributed by atoms with Crippen molar-refractivity contribution in [2.75, 3.05) is 0 Å². The Labute approximate surface area is 117 Å². The van der Waals surface area contributed by atoms with E-state index >= 15 is 0 Å². The highest BCUT2D eigenvalue weighted by Crippen LogP contribution is 2.11. The highest BCUT2D eigenvalue weighted by molar-refractivity contribution is 5.87. The van der Waals surface area contributed by atoms with Crippen LogP contribution in [0, 0.1) is 12.7 Å². The third kappa shape index (κ3) is 3.65. The Morgan fingerprint density at radius 2 is 1.85 bits per heavy atom. The molecule has 0 aliphatic carbocycles. The van der Waals surface area contributed by atoms with Crippen LogP contribution in [0.1, 0.15) is 27.0 Å². The summed E-state index contributed by atoms with van der Waals surface area (Å²) in [5.41, 5.74) is 2.78. The van der Waals surface area contributed by atoms with Crippen LogP contribution in [-0.2, 0) is 13.1 Å². The quantitative estimate of drug-likeness (QED) is 0.880. The van der Waals surface area contributed by atoms with E-state index in [2.05, 4.69) is 11.4 Å². The number of carbonyl (C=O) groups is 1. The first-order valence-electron chi connectivity index (χ1n) is 6.34. The van der Waals surface area contributed by atoms with E-state index in [1.54, 1.807) is 6.07 Å². The zero-order valence-corrected chi connectivity index (χ0v) is 11.2. The summed E-state index contributed by atoms with van der Waals surface area (Å²) in [7, 11) is 0. The van der Waals surface area contributed by atoms with Crippen molar-refractivity contribution in [3.63, 3.8) is 0 Å². The van der Waals surface area contributed by atoms with Gasteiger partial charge in [0, 0.05) is 13.1 Å². The molecule has 0 aliphatic rings. The maximum absolute atomic E-state index is 13.5. The Morgan fingerprint density at radius 1 is 1.15 bits per heavy atom. The maximum atomic E-state index is 13.5. The number of hydrogen-bond donors (Lipinski definition) is 2. The lowest BCUT2D eigenvalue weighted by Crippen LogP contribution is -2.13. The van der Waals surface area contributed by atoms with Crippen molar-refractivity contribution in [2.24, 2.45) is 0 Å². The molecule has 2 aromatic rings. The Hall–Kier alpha value is -2.20. The second kappa shape index (κ2) is 6.30. The average molecular weight is 273 g/mol. The fourth-order valence-electron chi connectivity index (χ4n) is 2.02. The first-order valence-corrected chi connectivity index (χ1v) is 6.34. The van der Waals surface area contributed by atoms with E-state index < -0.39 is 11.8 Å². The second-order valence-electron chi connectivity index (χ2n) is 4.71. The van der Waals surface area contributed by atoms with Crippen LogP contribution in [0.2, 0.25) is 0 Å². The SMILES string of the molecule is Cc1cccc(CNCc2ccc(C(=O)O)c(F)c2)c1. The number of benzene rings is 2. The first kappa shape index (κ1) is 14.2. The van der Waals surface area contributed by atoms with E-state index in [0.717, 1.165) is 11.1 Å². The average Bonchev–Trinajstić information content (AvgIpc) is 2.38. The molecule has 0 atom stereocenters. The number of nitrogens with one attached hydrogen (secondary N) is 1. The molecule has 0 fully saturated rings. The summed E-state index contributed by atoms with van der Waals surface area (Å²) >= 11 is 0. The number of rotatable bonds is 5. The van der Waals surface area contributed by atoms with Crippen LogP contribution in [-0.4, -0.2) is 11.1 Å². The molecule has 0 saturated heterocycles. The molecule has 0 unspecified atom stereocenters. The molecule has 0 saturated carbocycles. The van der Waals surface area contributed by atoms with Crippen LogP contribution in [0.3, 0.4) is 0 Å². The van der Waals surface area contributed by atoms with E-state index in [1.165, 1.54) is 17.7 Å². The van der Waals surface area contributed by atoms with Crippen LogP contribution < -0.4 is 5.32 Å². The molecule has 2 N–H and O–H groups in total. The zero-order chi connectivity index (χ0) is 14.5. The first-order chi connectivity index (χ1) is 9.56. The van der Waals surface area contributed by atoms with Crippen molar-refractivity contribution in [2.45, 2.75) is 20.0 Å². The number of aromatic carboxylic acids is 1. The molecule has 104 valence electrons. The maximum Gasteiger partial charge on any atom is 0.338 e. The van der Waals surface area contributed by atoms with E-state index in [1.807, 2.05) is 25.1 Å². The van der Waals surface area contributed by atoms with Gasteiger partial charge in [0.25, 0.3) is 0 Å². The molecule has 0 amide bonds. The molecular formula is C16H16FNO2. The summed E-state index contributed by atoms with van der Waals surface area (Å²) in [5.74, 6) is -1.95. The molecule has 4 heteroatoms. The topological polar surface area (TPSA) is 49.3 Å². The van der Waals surface area contributed by atoms with Gasteiger partial charge in [-0.25, -0.2) is 9.18 Å². The Balaban J connectivity index is 1.94. The lowest BCUT2D eigenvalue weighted by Gasteiger charge is -2.07. The predicted molar refractivity (Wildman–Crippen MR) is 75.1 cm³/mol. The molecule has 0 spiro atoms. The zero-order valence-electron chi connectivity index (χ0n) is 11.2. The lowest BCUT2D eigenvalue weighted by atomic mass is 10.1. The fraction of sp³-hybridized carbons (Fsp3) is 0.188. The Kier molecular flexibility index (Phi) is 4.48. The summed E-state index contributed by atoms with van der Waals surface area (Å²) in [4.78, 5) is 10.7. The highest BCUT2D eigenvalue weighted by Gasteiger charge is 2.09. The fourth-order valence-corrected chi connectivity index (χ4v) is 2.02. The van der Waals surface area contributed by atoms with Crippen LogP contribution in [0.5, 0.6) is 0 Å². The Morgan fingerprint density at radius 3 is 2.45 bits per heavy atom. The molecule has 0 aliphatic heterocycles. The van der Waals surface area contributed by atoms with Crippen molar-refractivity contribution in [1.29, 1.82) is 0 Å². The molecule has 0 radical (unpaired) electrons. The van der Waals surface area contributed by atoms with Crippen LogP contribution >= 0.6 is 0 Å². The van der Waals surface area contributed by atoms with E-state index in [9.17, 15) is 9.18 Å². The number of carboxylic acids is 1. The van der Waals surface area contributed by atoms with Gasteiger partial charge in [-0.15, -0.1) is 0 Å². The smallest absolute Gasteiger partial charge is 0.338 e. The molecule has 0 aromatic heterocycles. The van der Waals surface area contributed by atoms with Crippen molar-refractivity contribution in [1.82, 2.24) is 5.32 Å². The van der Waals surface area contributed by atoms with Gasteiger partial charge < -0.3 is 10.4 Å². The van der Waals surface area contributed by atoms with Crippen molar-refractivity contribution < 1.29 is 14.3 Å². The van der Waals surface area contributed by atoms with Gasteiger partial charge in [0.1, 0.15) is 5.82 Å². The van der Waals surface area contributed by atoms with Gasteiger partial charge in [0.2, 0.25) is 0 Å². The van der Waals surface area contributed by atoms with Crippen LogP contribution in [0.15, 0.2) is 42.5 Å². The largest absolute Gasteiger partial charge is 0.478 e. The summed E-state index contributed by atoms with van der Waals surface area (Å²) in [6, 6.07) is 12.3. The standard InChI is InChI=1S/C16H16FNO2/c1-11-3-2-4-12(7-11)9-18-10-13-5-6-14(16(19)20)15(17)8-13/h2-8,18H,9-10H2,1H3,(H,19,20). The second-order valence-corrected chi connectivity index (χ2v) is 4.71. The van der Waals surface area contributed by atoms with Gasteiger partial charge in [-0.3, -0.25) is 0 Å². The number of carboxylic acid groups (broad SMARTS) is 1. The summed E-state index contributed by atoms with van der Waals surface area (Å²) in [6.45, 7) is 3.21. The highest BCUT2D eigenvalue weighted by atomic mass is 19.1. The van der Waals surface area contributed by atoms with Crippen LogP contribution in [0.25, 0.3) is 0 Å². The van der Waals surface area contributed by atoms with Gasteiger partial charge in [-0.05, 0) is 30.2 Å². The van der Waals surface area contributed by atoms with Gasteiger partial charge in [-0.1, -0.05) is 35.9 Å². The molecule has 20 heavy (non-hydrogen) atoms. The monoisotopic (exact) mass is 273 g/mol. The summed E-state index contributed by atoms with van der Waals surface area (Å²) in [5, 5.41) is 12.0. The minimum absolute atomic E-state index is 0.299. The van der Waals surface area contributed by atoms with Gasteiger partial charge in [-0.2, -0.15) is 0 Å². The predicted octanol–water partition coefficient (Wildman–Crippen LogP) is 3.12. The molecular weight excluding hydrogens is 257 g/mol. The van der Waals surface area contributed by atoms with Crippen molar-refractivity contribution in [3.05, 3.63) is 70.5 Å². The van der Waals surface area contributed by atoms with E-state index in [0.29, 0.717) is 13.1 Å². The third-order valence-electron chi connectivity index (χ3n) is 3.00. The molecule has 2 rings (SSSR count). The normalized spacial score (nSPS) is 10.5. The van der Waals surface area contributed by atoms with Gasteiger partial charge in [0.15, 0.2) is 0 Å². The minimum atomic E-state index is -1.25.